The monoisotopic (exact) mass is 744 g/mol. The summed E-state index contributed by atoms with van der Waals surface area (Å²) in [7, 11) is 3.32. The van der Waals surface area contributed by atoms with E-state index in [2.05, 4.69) is 74.5 Å². The molecule has 8 rings (SSSR count). The highest BCUT2D eigenvalue weighted by Gasteiger charge is 2.50. The first-order chi connectivity index (χ1) is 27.2. The molecule has 6 aromatic rings. The number of fused-ring (bicyclic) bond motifs is 8. The molecule has 0 spiro atoms. The number of carbonyl (C=O) groups excluding carboxylic acids is 2. The van der Waals surface area contributed by atoms with E-state index in [1.54, 1.807) is 14.2 Å². The van der Waals surface area contributed by atoms with Gasteiger partial charge in [-0.3, -0.25) is 4.79 Å². The highest BCUT2D eigenvalue weighted by molar-refractivity contribution is 6.09. The maximum atomic E-state index is 12.6. The van der Waals surface area contributed by atoms with E-state index in [-0.39, 0.29) is 31.8 Å². The van der Waals surface area contributed by atoms with Gasteiger partial charge in [-0.05, 0) is 79.3 Å². The molecule has 0 radical (unpaired) electrons. The van der Waals surface area contributed by atoms with Gasteiger partial charge < -0.3 is 28.5 Å². The van der Waals surface area contributed by atoms with Crippen LogP contribution in [0, 0.1) is 13.8 Å². The van der Waals surface area contributed by atoms with Crippen molar-refractivity contribution < 1.29 is 33.3 Å². The third-order valence-electron chi connectivity index (χ3n) is 10.9. The number of hydrogen-bond donors (Lipinski definition) is 0. The molecule has 0 fully saturated rings. The maximum Gasteiger partial charge on any atom is 0.306 e. The minimum absolute atomic E-state index is 0.0289. The van der Waals surface area contributed by atoms with Crippen molar-refractivity contribution in [3.63, 3.8) is 0 Å². The molecule has 56 heavy (non-hydrogen) atoms. The minimum Gasteiger partial charge on any atom is -0.497 e. The SMILES string of the molecule is COc1ccc(C2(c3ccc(OC)cc3)C=Cc3c4c(c5ccc(C)cc5c3O2)-c2ccc(C)cc2C4(OCCOC(=O)CCC(C)=O)c2ccccc2)cc1. The van der Waals surface area contributed by atoms with Gasteiger partial charge in [-0.1, -0.05) is 102 Å². The molecule has 1 aliphatic heterocycles. The van der Waals surface area contributed by atoms with Crippen molar-refractivity contribution in [3.05, 3.63) is 166 Å². The Morgan fingerprint density at radius 2 is 1.32 bits per heavy atom. The summed E-state index contributed by atoms with van der Waals surface area (Å²) in [5.41, 5.74) is 7.93. The summed E-state index contributed by atoms with van der Waals surface area (Å²) in [5.74, 6) is 1.76. The second-order valence-corrected chi connectivity index (χ2v) is 14.5. The fraction of sp³-hybridized carbons (Fsp3) is 0.224. The molecule has 2 aliphatic rings. The number of aryl methyl sites for hydroxylation is 2. The van der Waals surface area contributed by atoms with Crippen LogP contribution in [0.1, 0.15) is 64.3 Å². The van der Waals surface area contributed by atoms with Crippen molar-refractivity contribution in [2.24, 2.45) is 0 Å². The molecule has 0 amide bonds. The van der Waals surface area contributed by atoms with Crippen molar-refractivity contribution in [2.45, 2.75) is 44.8 Å². The van der Waals surface area contributed by atoms with Gasteiger partial charge in [0, 0.05) is 39.6 Å². The molecule has 282 valence electrons. The van der Waals surface area contributed by atoms with Crippen LogP contribution in [0.25, 0.3) is 28.0 Å². The number of methoxy groups -OCH3 is 2. The van der Waals surface area contributed by atoms with E-state index >= 15 is 0 Å². The van der Waals surface area contributed by atoms with Gasteiger partial charge in [-0.25, -0.2) is 0 Å². The van der Waals surface area contributed by atoms with Gasteiger partial charge in [0.2, 0.25) is 0 Å². The Hall–Kier alpha value is -6.18. The highest BCUT2D eigenvalue weighted by atomic mass is 16.6. The molecule has 1 unspecified atom stereocenters. The Morgan fingerprint density at radius 1 is 0.679 bits per heavy atom. The summed E-state index contributed by atoms with van der Waals surface area (Å²) in [5, 5.41) is 2.03. The molecule has 0 saturated carbocycles. The van der Waals surface area contributed by atoms with E-state index < -0.39 is 17.2 Å². The van der Waals surface area contributed by atoms with E-state index in [1.807, 2.05) is 66.7 Å². The fourth-order valence-corrected chi connectivity index (χ4v) is 8.26. The van der Waals surface area contributed by atoms with Gasteiger partial charge in [0.25, 0.3) is 0 Å². The molecule has 7 nitrogen and oxygen atoms in total. The van der Waals surface area contributed by atoms with Crippen LogP contribution in [0.3, 0.4) is 0 Å². The predicted molar refractivity (Wildman–Crippen MR) is 218 cm³/mol. The summed E-state index contributed by atoms with van der Waals surface area (Å²) in [6.07, 6.45) is 4.51. The van der Waals surface area contributed by atoms with Crippen molar-refractivity contribution in [1.82, 2.24) is 0 Å². The Labute approximate surface area is 327 Å². The molecule has 0 bridgehead atoms. The Kier molecular flexibility index (Phi) is 9.73. The Balaban J connectivity index is 1.38. The van der Waals surface area contributed by atoms with Gasteiger partial charge in [0.1, 0.15) is 35.2 Å². The van der Waals surface area contributed by atoms with Gasteiger partial charge in [-0.2, -0.15) is 0 Å². The Bertz CT molecular complexity index is 2430. The van der Waals surface area contributed by atoms with Crippen molar-refractivity contribution in [3.8, 4) is 28.4 Å². The van der Waals surface area contributed by atoms with Gasteiger partial charge in [-0.15, -0.1) is 0 Å². The van der Waals surface area contributed by atoms with Crippen LogP contribution in [0.15, 0.2) is 121 Å². The number of Topliss-reactive ketones (excluding diaryl/α,β-unsaturated/α-hetero) is 1. The summed E-state index contributed by atoms with van der Waals surface area (Å²) >= 11 is 0. The van der Waals surface area contributed by atoms with Crippen LogP contribution in [0.2, 0.25) is 0 Å². The van der Waals surface area contributed by atoms with Crippen molar-refractivity contribution >= 4 is 28.6 Å². The molecule has 0 aromatic heterocycles. The zero-order valence-corrected chi connectivity index (χ0v) is 32.3. The quantitative estimate of drug-likeness (QED) is 0.0912. The van der Waals surface area contributed by atoms with Crippen LogP contribution in [-0.2, 0) is 30.3 Å². The second-order valence-electron chi connectivity index (χ2n) is 14.5. The Morgan fingerprint density at radius 3 is 1.96 bits per heavy atom. The molecular weight excluding hydrogens is 701 g/mol. The third kappa shape index (κ3) is 6.22. The highest BCUT2D eigenvalue weighted by Crippen LogP contribution is 2.61. The van der Waals surface area contributed by atoms with Crippen LogP contribution < -0.4 is 14.2 Å². The molecule has 6 aromatic carbocycles. The largest absolute Gasteiger partial charge is 0.497 e. The van der Waals surface area contributed by atoms with Crippen LogP contribution in [-0.4, -0.2) is 39.2 Å². The second kappa shape index (κ2) is 14.8. The maximum absolute atomic E-state index is 12.6. The lowest BCUT2D eigenvalue weighted by molar-refractivity contribution is -0.147. The third-order valence-corrected chi connectivity index (χ3v) is 10.9. The summed E-state index contributed by atoms with van der Waals surface area (Å²) in [6, 6.07) is 39.3. The molecule has 1 atom stereocenters. The van der Waals surface area contributed by atoms with Gasteiger partial charge in [0.05, 0.1) is 27.2 Å². The predicted octanol–water partition coefficient (Wildman–Crippen LogP) is 10.0. The van der Waals surface area contributed by atoms with Crippen LogP contribution in [0.5, 0.6) is 17.2 Å². The van der Waals surface area contributed by atoms with E-state index in [9.17, 15) is 9.59 Å². The normalized spacial score (nSPS) is 16.0. The van der Waals surface area contributed by atoms with Crippen LogP contribution in [0.4, 0.5) is 0 Å². The van der Waals surface area contributed by atoms with E-state index in [1.165, 1.54) is 6.92 Å². The number of ether oxygens (including phenoxy) is 5. The van der Waals surface area contributed by atoms with E-state index in [4.69, 9.17) is 23.7 Å². The lowest BCUT2D eigenvalue weighted by Gasteiger charge is -2.40. The fourth-order valence-electron chi connectivity index (χ4n) is 8.26. The lowest BCUT2D eigenvalue weighted by atomic mass is 9.77. The van der Waals surface area contributed by atoms with E-state index in [0.717, 1.165) is 83.7 Å². The minimum atomic E-state index is -1.10. The zero-order valence-electron chi connectivity index (χ0n) is 32.3. The summed E-state index contributed by atoms with van der Waals surface area (Å²) in [4.78, 5) is 24.1. The number of esters is 1. The number of hydrogen-bond acceptors (Lipinski definition) is 7. The van der Waals surface area contributed by atoms with Crippen molar-refractivity contribution in [1.29, 1.82) is 0 Å². The van der Waals surface area contributed by atoms with Crippen LogP contribution >= 0.6 is 0 Å². The first kappa shape index (κ1) is 36.8. The number of carbonyl (C=O) groups is 2. The number of rotatable bonds is 12. The molecule has 0 N–H and O–H groups in total. The topological polar surface area (TPSA) is 80.3 Å². The summed E-state index contributed by atoms with van der Waals surface area (Å²) < 4.78 is 31.5. The van der Waals surface area contributed by atoms with E-state index in [0.29, 0.717) is 0 Å². The average Bonchev–Trinajstić information content (AvgIpc) is 3.51. The smallest absolute Gasteiger partial charge is 0.306 e. The molecular formula is C49H44O7. The molecule has 1 heterocycles. The molecule has 0 saturated heterocycles. The first-order valence-electron chi connectivity index (χ1n) is 18.9. The average molecular weight is 745 g/mol. The molecule has 7 heteroatoms. The summed E-state index contributed by atoms with van der Waals surface area (Å²) in [6.45, 7) is 5.80. The van der Waals surface area contributed by atoms with Gasteiger partial charge >= 0.3 is 5.97 Å². The number of ketones is 1. The lowest BCUT2D eigenvalue weighted by Crippen LogP contribution is -2.36. The first-order valence-corrected chi connectivity index (χ1v) is 18.9. The molecule has 1 aliphatic carbocycles. The van der Waals surface area contributed by atoms with Crippen molar-refractivity contribution in [2.75, 3.05) is 27.4 Å². The number of benzene rings is 6. The van der Waals surface area contributed by atoms with Gasteiger partial charge in [0.15, 0.2) is 5.60 Å². The zero-order chi connectivity index (χ0) is 39.0. The standard InChI is InChI=1S/C49H44O7/c1-31-11-22-39-42(29-31)47-41(25-26-48(56-47,34-14-18-37(52-4)19-15-34)35-16-20-38(53-5)21-17-35)46-45(39)40-23-12-32(2)30-43(40)49(46,36-9-7-6-8-10-36)55-28-27-54-44(51)24-13-33(3)50/h6-12,14-23,25-26,29-30H,13,24,27-28H2,1-5H3.